The van der Waals surface area contributed by atoms with E-state index in [0.29, 0.717) is 5.95 Å². The molecule has 0 saturated carbocycles. The van der Waals surface area contributed by atoms with Crippen LogP contribution in [0.1, 0.15) is 0 Å². The highest BCUT2D eigenvalue weighted by Gasteiger charge is 2.23. The zero-order valence-electron chi connectivity index (χ0n) is 37.8. The lowest BCUT2D eigenvalue weighted by molar-refractivity contribution is 0.951. The highest BCUT2D eigenvalue weighted by atomic mass is 15.2. The van der Waals surface area contributed by atoms with Crippen molar-refractivity contribution in [3.05, 3.63) is 243 Å². The van der Waals surface area contributed by atoms with Gasteiger partial charge >= 0.3 is 0 Å². The molecule has 5 heterocycles. The van der Waals surface area contributed by atoms with Crippen molar-refractivity contribution in [2.75, 3.05) is 0 Å². The third-order valence-electron chi connectivity index (χ3n) is 14.4. The van der Waals surface area contributed by atoms with Gasteiger partial charge in [-0.2, -0.15) is 4.98 Å². The molecule has 70 heavy (non-hydrogen) atoms. The van der Waals surface area contributed by atoms with Gasteiger partial charge in [-0.15, -0.1) is 0 Å². The van der Waals surface area contributed by atoms with Crippen LogP contribution < -0.4 is 0 Å². The molecule has 0 radical (unpaired) electrons. The van der Waals surface area contributed by atoms with Crippen molar-refractivity contribution in [1.82, 2.24) is 28.2 Å². The molecular weight excluding hydrogens is 853 g/mol. The van der Waals surface area contributed by atoms with E-state index < -0.39 is 0 Å². The number of fused-ring (bicyclic) bond motifs is 12. The first kappa shape index (κ1) is 38.6. The summed E-state index contributed by atoms with van der Waals surface area (Å²) in [6.07, 6.45) is 0. The molecule has 0 aliphatic carbocycles. The Hall–Kier alpha value is -9.52. The minimum Gasteiger partial charge on any atom is -0.309 e. The Bertz CT molecular complexity index is 4360. The lowest BCUT2D eigenvalue weighted by Crippen LogP contribution is -2.08. The lowest BCUT2D eigenvalue weighted by atomic mass is 10.0. The third kappa shape index (κ3) is 5.62. The molecule has 0 unspecified atom stereocenters. The number of benzene rings is 10. The number of para-hydroxylation sites is 8. The first-order chi connectivity index (χ1) is 34.7. The summed E-state index contributed by atoms with van der Waals surface area (Å²) in [6.45, 7) is 0. The molecule has 326 valence electrons. The minimum absolute atomic E-state index is 0.609. The molecule has 10 aromatic carbocycles. The van der Waals surface area contributed by atoms with Gasteiger partial charge in [0, 0.05) is 60.4 Å². The summed E-state index contributed by atoms with van der Waals surface area (Å²) in [5.41, 5.74) is 15.3. The van der Waals surface area contributed by atoms with Gasteiger partial charge in [0.05, 0.1) is 55.5 Å². The van der Waals surface area contributed by atoms with Crippen molar-refractivity contribution in [2.45, 2.75) is 0 Å². The topological polar surface area (TPSA) is 45.5 Å². The monoisotopic (exact) mass is 892 g/mol. The van der Waals surface area contributed by atoms with Gasteiger partial charge in [-0.3, -0.25) is 9.13 Å². The van der Waals surface area contributed by atoms with Crippen molar-refractivity contribution in [3.63, 3.8) is 0 Å². The Kier molecular flexibility index (Phi) is 8.26. The molecule has 0 fully saturated rings. The molecule has 5 aromatic heterocycles. The molecule has 0 spiro atoms. The van der Waals surface area contributed by atoms with Gasteiger partial charge in [0.1, 0.15) is 5.82 Å². The molecule has 0 aliphatic heterocycles. The zero-order valence-corrected chi connectivity index (χ0v) is 37.8. The van der Waals surface area contributed by atoms with E-state index in [1.807, 2.05) is 0 Å². The summed E-state index contributed by atoms with van der Waals surface area (Å²) in [4.78, 5) is 11.1. The molecule has 0 saturated heterocycles. The predicted molar refractivity (Wildman–Crippen MR) is 290 cm³/mol. The van der Waals surface area contributed by atoms with Crippen LogP contribution >= 0.6 is 0 Å². The van der Waals surface area contributed by atoms with E-state index in [-0.39, 0.29) is 0 Å². The van der Waals surface area contributed by atoms with E-state index in [9.17, 15) is 0 Å². The fourth-order valence-electron chi connectivity index (χ4n) is 11.4. The molecule has 6 nitrogen and oxygen atoms in total. The van der Waals surface area contributed by atoms with Crippen molar-refractivity contribution in [1.29, 1.82) is 0 Å². The maximum Gasteiger partial charge on any atom is 0.237 e. The molecule has 15 aromatic rings. The smallest absolute Gasteiger partial charge is 0.237 e. The molecule has 0 aliphatic rings. The molecule has 0 N–H and O–H groups in total. The second-order valence-corrected chi connectivity index (χ2v) is 18.2. The summed E-state index contributed by atoms with van der Waals surface area (Å²) in [6, 6.07) is 87.3. The van der Waals surface area contributed by atoms with Crippen LogP contribution in [0.5, 0.6) is 0 Å². The van der Waals surface area contributed by atoms with Crippen molar-refractivity contribution < 1.29 is 0 Å². The van der Waals surface area contributed by atoms with Gasteiger partial charge in [-0.25, -0.2) is 4.98 Å². The van der Waals surface area contributed by atoms with Crippen LogP contribution in [0.4, 0.5) is 0 Å². The summed E-state index contributed by atoms with van der Waals surface area (Å²) < 4.78 is 9.32. The van der Waals surface area contributed by atoms with Crippen molar-refractivity contribution in [3.8, 4) is 45.5 Å². The summed E-state index contributed by atoms with van der Waals surface area (Å²) in [7, 11) is 0. The SMILES string of the molecule is c1ccc(-n2c3ccccc3c3cc(-c4ccc5c(c4)c4ccccc4n5-c4ccccc4-c4cc(-n5c6ccccc6c6ccccc65)nc(-n5c6ccccc6c6ccccc65)n4)ccc32)cc1. The third-order valence-corrected chi connectivity index (χ3v) is 14.4. The van der Waals surface area contributed by atoms with E-state index in [1.54, 1.807) is 0 Å². The van der Waals surface area contributed by atoms with E-state index >= 15 is 0 Å². The lowest BCUT2D eigenvalue weighted by Gasteiger charge is -2.17. The van der Waals surface area contributed by atoms with Crippen LogP contribution in [0, 0.1) is 0 Å². The largest absolute Gasteiger partial charge is 0.309 e. The van der Waals surface area contributed by atoms with Crippen LogP contribution in [-0.4, -0.2) is 28.2 Å². The van der Waals surface area contributed by atoms with Crippen LogP contribution in [0.15, 0.2) is 243 Å². The molecule has 0 amide bonds. The first-order valence-electron chi connectivity index (χ1n) is 23.8. The van der Waals surface area contributed by atoms with E-state index in [4.69, 9.17) is 9.97 Å². The van der Waals surface area contributed by atoms with Crippen LogP contribution in [-0.2, 0) is 0 Å². The molecule has 6 heteroatoms. The molecule has 15 rings (SSSR count). The van der Waals surface area contributed by atoms with Crippen molar-refractivity contribution in [2.24, 2.45) is 0 Å². The molecule has 0 atom stereocenters. The number of hydrogen-bond acceptors (Lipinski definition) is 2. The standard InChI is InChI=1S/C64H40N6/c1-2-18-43(19-3-1)67-54-27-11-8-24-48(54)51-38-41(34-36-61(51)67)42-35-37-62-52(39-42)49-25-9-12-28-55(49)68(62)60-33-17-10-26-50(60)53-40-63(69-56-29-13-4-20-44(56)45-21-5-14-30-57(45)69)66-64(65-53)70-58-31-15-6-22-46(58)47-23-7-16-32-59(47)70/h1-40H. The van der Waals surface area contributed by atoms with E-state index in [2.05, 4.69) is 261 Å². The average molecular weight is 893 g/mol. The summed E-state index contributed by atoms with van der Waals surface area (Å²) in [5, 5.41) is 9.54. The van der Waals surface area contributed by atoms with Gasteiger partial charge in [0.15, 0.2) is 0 Å². The molecule has 0 bridgehead atoms. The fourth-order valence-corrected chi connectivity index (χ4v) is 11.4. The zero-order chi connectivity index (χ0) is 45.9. The quantitative estimate of drug-likeness (QED) is 0.167. The maximum absolute atomic E-state index is 5.59. The summed E-state index contributed by atoms with van der Waals surface area (Å²) in [5.74, 6) is 1.40. The Morgan fingerprint density at radius 1 is 0.257 bits per heavy atom. The van der Waals surface area contributed by atoms with Gasteiger partial charge in [-0.05, 0) is 90.0 Å². The minimum atomic E-state index is 0.609. The Balaban J connectivity index is 0.952. The van der Waals surface area contributed by atoms with Gasteiger partial charge in [-0.1, -0.05) is 158 Å². The Morgan fingerprint density at radius 3 is 1.17 bits per heavy atom. The average Bonchev–Trinajstić information content (AvgIpc) is 4.16. The Labute approximate surface area is 401 Å². The van der Waals surface area contributed by atoms with Crippen molar-refractivity contribution >= 4 is 87.2 Å². The summed E-state index contributed by atoms with van der Waals surface area (Å²) >= 11 is 0. The molecular formula is C64H40N6. The van der Waals surface area contributed by atoms with Gasteiger partial charge in [0.2, 0.25) is 5.95 Å². The van der Waals surface area contributed by atoms with Gasteiger partial charge < -0.3 is 9.13 Å². The van der Waals surface area contributed by atoms with Gasteiger partial charge in [0.25, 0.3) is 0 Å². The number of rotatable bonds is 6. The van der Waals surface area contributed by atoms with Crippen LogP contribution in [0.25, 0.3) is 133 Å². The Morgan fingerprint density at radius 2 is 0.643 bits per heavy atom. The highest BCUT2D eigenvalue weighted by molar-refractivity contribution is 6.14. The number of nitrogens with zero attached hydrogens (tertiary/aromatic N) is 6. The predicted octanol–water partition coefficient (Wildman–Crippen LogP) is 16.2. The first-order valence-corrected chi connectivity index (χ1v) is 23.8. The van der Waals surface area contributed by atoms with Crippen LogP contribution in [0.2, 0.25) is 0 Å². The highest BCUT2D eigenvalue weighted by Crippen LogP contribution is 2.41. The normalized spacial score (nSPS) is 12.0. The van der Waals surface area contributed by atoms with E-state index in [0.717, 1.165) is 72.3 Å². The van der Waals surface area contributed by atoms with Crippen LogP contribution in [0.3, 0.4) is 0 Å². The number of hydrogen-bond donors (Lipinski definition) is 0. The second kappa shape index (κ2) is 15.0. The number of aromatic nitrogens is 6. The fraction of sp³-hybridized carbons (Fsp3) is 0. The van der Waals surface area contributed by atoms with E-state index in [1.165, 1.54) is 54.5 Å². The second-order valence-electron chi connectivity index (χ2n) is 18.2. The maximum atomic E-state index is 5.59.